The zero-order chi connectivity index (χ0) is 22.0. The van der Waals surface area contributed by atoms with Gasteiger partial charge >= 0.3 is 0 Å². The van der Waals surface area contributed by atoms with Crippen molar-refractivity contribution in [3.63, 3.8) is 0 Å². The van der Waals surface area contributed by atoms with E-state index in [1.807, 2.05) is 24.0 Å². The van der Waals surface area contributed by atoms with Gasteiger partial charge < -0.3 is 14.5 Å². The molecule has 0 N–H and O–H groups in total. The summed E-state index contributed by atoms with van der Waals surface area (Å²) >= 11 is 1.75. The summed E-state index contributed by atoms with van der Waals surface area (Å²) < 4.78 is 6.15. The molecule has 1 saturated carbocycles. The van der Waals surface area contributed by atoms with E-state index in [4.69, 9.17) is 4.74 Å². The molecule has 1 aromatic carbocycles. The van der Waals surface area contributed by atoms with E-state index < -0.39 is 0 Å². The zero-order valence-electron chi connectivity index (χ0n) is 18.7. The van der Waals surface area contributed by atoms with Crippen LogP contribution in [0, 0.1) is 0 Å². The molecule has 5 nitrogen and oxygen atoms in total. The third kappa shape index (κ3) is 4.95. The number of carbonyl (C=O) groups excluding carboxylic acids is 2. The van der Waals surface area contributed by atoms with Crippen molar-refractivity contribution in [3.8, 4) is 5.75 Å². The van der Waals surface area contributed by atoms with E-state index in [0.29, 0.717) is 25.5 Å². The average molecular weight is 441 g/mol. The fourth-order valence-corrected chi connectivity index (χ4v) is 5.17. The highest BCUT2D eigenvalue weighted by Gasteiger charge is 2.37. The van der Waals surface area contributed by atoms with Gasteiger partial charge in [0.2, 0.25) is 11.8 Å². The van der Waals surface area contributed by atoms with Crippen molar-refractivity contribution in [2.45, 2.75) is 64.5 Å². The fourth-order valence-electron chi connectivity index (χ4n) is 4.25. The summed E-state index contributed by atoms with van der Waals surface area (Å²) in [6, 6.07) is 10.5. The molecule has 1 aliphatic carbocycles. The minimum Gasteiger partial charge on any atom is -0.491 e. The lowest BCUT2D eigenvalue weighted by Gasteiger charge is -2.37. The van der Waals surface area contributed by atoms with Gasteiger partial charge in [0, 0.05) is 23.9 Å². The number of nitrogens with zero attached hydrogens (tertiary/aromatic N) is 2. The summed E-state index contributed by atoms with van der Waals surface area (Å²) in [6.07, 6.45) is 3.32. The SMILES string of the molecule is CCC(=O)N(CC(=O)N1CCc2sccc2[C@@H]1COc1ccc(C(C)C)cc1)C1CC1. The second-order valence-corrected chi connectivity index (χ2v) is 9.79. The van der Waals surface area contributed by atoms with E-state index in [2.05, 4.69) is 37.4 Å². The molecule has 6 heteroatoms. The van der Waals surface area contributed by atoms with Gasteiger partial charge in [-0.2, -0.15) is 0 Å². The Balaban J connectivity index is 1.48. The maximum absolute atomic E-state index is 13.3. The molecule has 1 fully saturated rings. The van der Waals surface area contributed by atoms with Crippen LogP contribution in [0.2, 0.25) is 0 Å². The lowest BCUT2D eigenvalue weighted by atomic mass is 10.00. The molecule has 31 heavy (non-hydrogen) atoms. The maximum Gasteiger partial charge on any atom is 0.242 e. The topological polar surface area (TPSA) is 49.9 Å². The molecule has 2 amide bonds. The van der Waals surface area contributed by atoms with Crippen LogP contribution in [-0.2, 0) is 16.0 Å². The molecule has 0 unspecified atom stereocenters. The fraction of sp³-hybridized carbons (Fsp3) is 0.520. The highest BCUT2D eigenvalue weighted by atomic mass is 32.1. The number of ether oxygens (including phenoxy) is 1. The van der Waals surface area contributed by atoms with Gasteiger partial charge in [0.25, 0.3) is 0 Å². The van der Waals surface area contributed by atoms with Crippen LogP contribution in [-0.4, -0.2) is 47.4 Å². The number of fused-ring (bicyclic) bond motifs is 1. The first kappa shape index (κ1) is 21.9. The van der Waals surface area contributed by atoms with Gasteiger partial charge in [0.05, 0.1) is 6.04 Å². The Bertz CT molecular complexity index is 917. The molecule has 0 saturated heterocycles. The molecule has 1 aliphatic heterocycles. The first-order valence-electron chi connectivity index (χ1n) is 11.4. The number of amides is 2. The summed E-state index contributed by atoms with van der Waals surface area (Å²) in [5, 5.41) is 2.10. The van der Waals surface area contributed by atoms with Gasteiger partial charge in [0.15, 0.2) is 0 Å². The highest BCUT2D eigenvalue weighted by Crippen LogP contribution is 2.35. The summed E-state index contributed by atoms with van der Waals surface area (Å²) in [5.41, 5.74) is 2.46. The Kier molecular flexibility index (Phi) is 6.65. The van der Waals surface area contributed by atoms with Crippen LogP contribution in [0.4, 0.5) is 0 Å². The Morgan fingerprint density at radius 1 is 1.19 bits per heavy atom. The van der Waals surface area contributed by atoms with Crippen molar-refractivity contribution in [2.24, 2.45) is 0 Å². The van der Waals surface area contributed by atoms with Gasteiger partial charge in [-0.3, -0.25) is 9.59 Å². The molecule has 0 spiro atoms. The van der Waals surface area contributed by atoms with Crippen molar-refractivity contribution >= 4 is 23.2 Å². The van der Waals surface area contributed by atoms with Crippen molar-refractivity contribution in [1.82, 2.24) is 9.80 Å². The van der Waals surface area contributed by atoms with Crippen LogP contribution in [0.15, 0.2) is 35.7 Å². The zero-order valence-corrected chi connectivity index (χ0v) is 19.5. The molecule has 0 radical (unpaired) electrons. The maximum atomic E-state index is 13.3. The molecule has 4 rings (SSSR count). The molecule has 2 aliphatic rings. The normalized spacial score (nSPS) is 18.1. The van der Waals surface area contributed by atoms with Crippen LogP contribution in [0.25, 0.3) is 0 Å². The minimum atomic E-state index is -0.120. The quantitative estimate of drug-likeness (QED) is 0.594. The van der Waals surface area contributed by atoms with Crippen LogP contribution in [0.3, 0.4) is 0 Å². The van der Waals surface area contributed by atoms with Gasteiger partial charge in [-0.25, -0.2) is 0 Å². The summed E-state index contributed by atoms with van der Waals surface area (Å²) in [4.78, 5) is 30.7. The third-order valence-electron chi connectivity index (χ3n) is 6.29. The minimum absolute atomic E-state index is 0.0225. The van der Waals surface area contributed by atoms with Gasteiger partial charge in [-0.05, 0) is 59.9 Å². The van der Waals surface area contributed by atoms with E-state index in [1.165, 1.54) is 16.0 Å². The predicted molar refractivity (Wildman–Crippen MR) is 124 cm³/mol. The molecule has 2 aromatic rings. The van der Waals surface area contributed by atoms with Crippen molar-refractivity contribution in [1.29, 1.82) is 0 Å². The Morgan fingerprint density at radius 2 is 1.94 bits per heavy atom. The number of carbonyl (C=O) groups is 2. The number of hydrogen-bond acceptors (Lipinski definition) is 4. The van der Waals surface area contributed by atoms with Crippen LogP contribution >= 0.6 is 11.3 Å². The van der Waals surface area contributed by atoms with Crippen LogP contribution in [0.1, 0.15) is 68.0 Å². The largest absolute Gasteiger partial charge is 0.491 e. The standard InChI is InChI=1S/C25H32N2O3S/c1-4-24(28)27(19-7-8-19)15-25(29)26-13-11-23-21(12-14-31-23)22(26)16-30-20-9-5-18(6-10-20)17(2)3/h5-6,9-10,12,14,17,19,22H,4,7-8,11,13,15-16H2,1-3H3/t22-/m0/s1. The number of benzene rings is 1. The Morgan fingerprint density at radius 3 is 2.58 bits per heavy atom. The summed E-state index contributed by atoms with van der Waals surface area (Å²) in [7, 11) is 0. The van der Waals surface area contributed by atoms with E-state index in [-0.39, 0.29) is 30.4 Å². The first-order chi connectivity index (χ1) is 15.0. The molecular weight excluding hydrogens is 408 g/mol. The molecule has 1 aromatic heterocycles. The van der Waals surface area contributed by atoms with Crippen LogP contribution in [0.5, 0.6) is 5.75 Å². The van der Waals surface area contributed by atoms with E-state index >= 15 is 0 Å². The second kappa shape index (κ2) is 9.43. The van der Waals surface area contributed by atoms with E-state index in [1.54, 1.807) is 16.2 Å². The Hall–Kier alpha value is -2.34. The van der Waals surface area contributed by atoms with Gasteiger partial charge in [0.1, 0.15) is 18.9 Å². The summed E-state index contributed by atoms with van der Waals surface area (Å²) in [6.45, 7) is 7.48. The Labute approximate surface area is 189 Å². The van der Waals surface area contributed by atoms with E-state index in [9.17, 15) is 9.59 Å². The third-order valence-corrected chi connectivity index (χ3v) is 7.28. The van der Waals surface area contributed by atoms with Gasteiger partial charge in [-0.1, -0.05) is 32.9 Å². The number of hydrogen-bond donors (Lipinski definition) is 0. The molecule has 166 valence electrons. The lowest BCUT2D eigenvalue weighted by molar-refractivity contribution is -0.143. The summed E-state index contributed by atoms with van der Waals surface area (Å²) in [5.74, 6) is 1.39. The smallest absolute Gasteiger partial charge is 0.242 e. The second-order valence-electron chi connectivity index (χ2n) is 8.79. The predicted octanol–water partition coefficient (Wildman–Crippen LogP) is 4.78. The van der Waals surface area contributed by atoms with Crippen molar-refractivity contribution in [3.05, 3.63) is 51.7 Å². The molecule has 2 heterocycles. The lowest BCUT2D eigenvalue weighted by Crippen LogP contribution is -2.48. The molecular formula is C25H32N2O3S. The average Bonchev–Trinajstić information content (AvgIpc) is 3.51. The monoisotopic (exact) mass is 440 g/mol. The highest BCUT2D eigenvalue weighted by molar-refractivity contribution is 7.10. The number of thiophene rings is 1. The molecule has 1 atom stereocenters. The van der Waals surface area contributed by atoms with Crippen molar-refractivity contribution < 1.29 is 14.3 Å². The van der Waals surface area contributed by atoms with Crippen LogP contribution < -0.4 is 4.74 Å². The van der Waals surface area contributed by atoms with E-state index in [0.717, 1.165) is 25.0 Å². The van der Waals surface area contributed by atoms with Crippen molar-refractivity contribution in [2.75, 3.05) is 19.7 Å². The molecule has 0 bridgehead atoms. The van der Waals surface area contributed by atoms with Gasteiger partial charge in [-0.15, -0.1) is 11.3 Å². The number of rotatable bonds is 8. The first-order valence-corrected chi connectivity index (χ1v) is 12.2.